The van der Waals surface area contributed by atoms with Gasteiger partial charge in [0.2, 0.25) is 0 Å². The second-order valence-electron chi connectivity index (χ2n) is 5.70. The van der Waals surface area contributed by atoms with Crippen molar-refractivity contribution in [3.05, 3.63) is 35.4 Å². The van der Waals surface area contributed by atoms with Crippen LogP contribution in [0.15, 0.2) is 24.3 Å². The van der Waals surface area contributed by atoms with E-state index in [-0.39, 0.29) is 0 Å². The lowest BCUT2D eigenvalue weighted by Crippen LogP contribution is -2.22. The highest BCUT2D eigenvalue weighted by atomic mass is 14.9. The molecule has 1 nitrogen and oxygen atoms in total. The smallest absolute Gasteiger partial charge is 0.0322 e. The highest BCUT2D eigenvalue weighted by molar-refractivity contribution is 5.25. The predicted octanol–water partition coefficient (Wildman–Crippen LogP) is 5.12. The van der Waals surface area contributed by atoms with E-state index in [2.05, 4.69) is 57.3 Å². The molecular formula is C18H31N. The summed E-state index contributed by atoms with van der Waals surface area (Å²) in [5.41, 5.74) is 2.92. The van der Waals surface area contributed by atoms with Crippen LogP contribution in [0.1, 0.15) is 70.5 Å². The molecule has 0 aliphatic rings. The third-order valence-electron chi connectivity index (χ3n) is 3.99. The molecule has 1 N–H and O–H groups in total. The summed E-state index contributed by atoms with van der Waals surface area (Å²) in [5.74, 6) is 0.781. The molecule has 0 fully saturated rings. The molecule has 2 atom stereocenters. The van der Waals surface area contributed by atoms with Crippen molar-refractivity contribution in [2.75, 3.05) is 6.54 Å². The Morgan fingerprint density at radius 2 is 1.74 bits per heavy atom. The van der Waals surface area contributed by atoms with Gasteiger partial charge in [0, 0.05) is 6.04 Å². The molecule has 0 aliphatic heterocycles. The van der Waals surface area contributed by atoms with Gasteiger partial charge in [-0.3, -0.25) is 0 Å². The van der Waals surface area contributed by atoms with Crippen molar-refractivity contribution in [2.45, 2.75) is 65.8 Å². The average molecular weight is 261 g/mol. The van der Waals surface area contributed by atoms with Gasteiger partial charge >= 0.3 is 0 Å². The van der Waals surface area contributed by atoms with Gasteiger partial charge in [-0.05, 0) is 42.9 Å². The highest BCUT2D eigenvalue weighted by Crippen LogP contribution is 2.23. The number of nitrogens with one attached hydrogen (secondary N) is 1. The minimum Gasteiger partial charge on any atom is -0.310 e. The van der Waals surface area contributed by atoms with E-state index in [4.69, 9.17) is 0 Å². The molecule has 1 heteroatoms. The minimum atomic E-state index is 0.514. The Morgan fingerprint density at radius 3 is 2.26 bits per heavy atom. The number of benzene rings is 1. The van der Waals surface area contributed by atoms with Gasteiger partial charge in [-0.2, -0.15) is 0 Å². The van der Waals surface area contributed by atoms with E-state index in [0.717, 1.165) is 12.5 Å². The van der Waals surface area contributed by atoms with Crippen molar-refractivity contribution in [3.63, 3.8) is 0 Å². The van der Waals surface area contributed by atoms with Gasteiger partial charge in [-0.15, -0.1) is 0 Å². The summed E-state index contributed by atoms with van der Waals surface area (Å²) in [6.45, 7) is 10.1. The van der Waals surface area contributed by atoms with Crippen LogP contribution in [-0.4, -0.2) is 6.54 Å². The number of aryl methyl sites for hydroxylation is 1. The molecule has 19 heavy (non-hydrogen) atoms. The topological polar surface area (TPSA) is 12.0 Å². The Balaban J connectivity index is 2.67. The summed E-state index contributed by atoms with van der Waals surface area (Å²) in [6, 6.07) is 9.78. The summed E-state index contributed by atoms with van der Waals surface area (Å²) in [4.78, 5) is 0. The van der Waals surface area contributed by atoms with Crippen molar-refractivity contribution in [1.29, 1.82) is 0 Å². The van der Waals surface area contributed by atoms with Gasteiger partial charge in [0.05, 0.1) is 0 Å². The largest absolute Gasteiger partial charge is 0.310 e. The van der Waals surface area contributed by atoms with E-state index < -0.39 is 0 Å². The third-order valence-corrected chi connectivity index (χ3v) is 3.99. The van der Waals surface area contributed by atoms with Gasteiger partial charge in [0.15, 0.2) is 0 Å². The minimum absolute atomic E-state index is 0.514. The summed E-state index contributed by atoms with van der Waals surface area (Å²) in [7, 11) is 0. The second kappa shape index (κ2) is 9.14. The lowest BCUT2D eigenvalue weighted by molar-refractivity contribution is 0.408. The first-order valence-electron chi connectivity index (χ1n) is 8.03. The molecular weight excluding hydrogens is 230 g/mol. The van der Waals surface area contributed by atoms with Crippen LogP contribution in [0.25, 0.3) is 0 Å². The first-order valence-corrected chi connectivity index (χ1v) is 8.03. The van der Waals surface area contributed by atoms with Crippen molar-refractivity contribution < 1.29 is 0 Å². The van der Waals surface area contributed by atoms with Crippen LogP contribution >= 0.6 is 0 Å². The molecule has 1 aromatic rings. The van der Waals surface area contributed by atoms with E-state index >= 15 is 0 Å². The summed E-state index contributed by atoms with van der Waals surface area (Å²) in [5, 5.41) is 3.63. The SMILES string of the molecule is CCCCc1ccc(C(CC(C)CC)NCC)cc1. The van der Waals surface area contributed by atoms with Crippen molar-refractivity contribution in [3.8, 4) is 0 Å². The molecule has 0 bridgehead atoms. The Bertz CT molecular complexity index is 328. The maximum atomic E-state index is 3.63. The number of hydrogen-bond donors (Lipinski definition) is 1. The number of unbranched alkanes of at least 4 members (excludes halogenated alkanes) is 1. The van der Waals surface area contributed by atoms with Crippen LogP contribution in [0.5, 0.6) is 0 Å². The Morgan fingerprint density at radius 1 is 1.05 bits per heavy atom. The van der Waals surface area contributed by atoms with E-state index in [0.29, 0.717) is 6.04 Å². The zero-order valence-corrected chi connectivity index (χ0v) is 13.2. The molecule has 0 aliphatic carbocycles. The second-order valence-corrected chi connectivity index (χ2v) is 5.70. The Labute approximate surface area is 119 Å². The van der Waals surface area contributed by atoms with Crippen LogP contribution < -0.4 is 5.32 Å². The van der Waals surface area contributed by atoms with Crippen molar-refractivity contribution in [2.24, 2.45) is 5.92 Å². The molecule has 0 aromatic heterocycles. The third kappa shape index (κ3) is 5.78. The molecule has 0 saturated carbocycles. The number of hydrogen-bond acceptors (Lipinski definition) is 1. The Hall–Kier alpha value is -0.820. The van der Waals surface area contributed by atoms with Crippen LogP contribution in [0.4, 0.5) is 0 Å². The monoisotopic (exact) mass is 261 g/mol. The highest BCUT2D eigenvalue weighted by Gasteiger charge is 2.13. The van der Waals surface area contributed by atoms with E-state index in [1.165, 1.54) is 43.2 Å². The van der Waals surface area contributed by atoms with Crippen LogP contribution in [0, 0.1) is 5.92 Å². The first-order chi connectivity index (χ1) is 9.21. The van der Waals surface area contributed by atoms with Crippen molar-refractivity contribution in [1.82, 2.24) is 5.32 Å². The molecule has 0 heterocycles. The van der Waals surface area contributed by atoms with Gasteiger partial charge in [-0.25, -0.2) is 0 Å². The quantitative estimate of drug-likeness (QED) is 0.651. The van der Waals surface area contributed by atoms with Gasteiger partial charge < -0.3 is 5.32 Å². The predicted molar refractivity (Wildman–Crippen MR) is 85.5 cm³/mol. The molecule has 1 aromatic carbocycles. The van der Waals surface area contributed by atoms with E-state index in [1.54, 1.807) is 0 Å². The molecule has 0 saturated heterocycles. The molecule has 2 unspecified atom stereocenters. The standard InChI is InChI=1S/C18H31N/c1-5-8-9-16-10-12-17(13-11-16)18(19-7-3)14-15(4)6-2/h10-13,15,18-19H,5-9,14H2,1-4H3. The fourth-order valence-electron chi connectivity index (χ4n) is 2.45. The summed E-state index contributed by atoms with van der Waals surface area (Å²) < 4.78 is 0. The van der Waals surface area contributed by atoms with Gasteiger partial charge in [-0.1, -0.05) is 64.8 Å². The molecule has 108 valence electrons. The lowest BCUT2D eigenvalue weighted by atomic mass is 9.93. The number of rotatable bonds is 9. The van der Waals surface area contributed by atoms with Crippen LogP contribution in [-0.2, 0) is 6.42 Å². The fourth-order valence-corrected chi connectivity index (χ4v) is 2.45. The van der Waals surface area contributed by atoms with Crippen LogP contribution in [0.3, 0.4) is 0 Å². The van der Waals surface area contributed by atoms with Gasteiger partial charge in [0.25, 0.3) is 0 Å². The fraction of sp³-hybridized carbons (Fsp3) is 0.667. The van der Waals surface area contributed by atoms with Gasteiger partial charge in [0.1, 0.15) is 0 Å². The summed E-state index contributed by atoms with van der Waals surface area (Å²) >= 11 is 0. The van der Waals surface area contributed by atoms with Crippen LogP contribution in [0.2, 0.25) is 0 Å². The molecule has 0 amide bonds. The summed E-state index contributed by atoms with van der Waals surface area (Å²) in [6.07, 6.45) is 6.28. The average Bonchev–Trinajstić information content (AvgIpc) is 2.45. The maximum Gasteiger partial charge on any atom is 0.0322 e. The zero-order valence-electron chi connectivity index (χ0n) is 13.2. The normalized spacial score (nSPS) is 14.3. The van der Waals surface area contributed by atoms with E-state index in [1.807, 2.05) is 0 Å². The zero-order chi connectivity index (χ0) is 14.1. The molecule has 1 rings (SSSR count). The maximum absolute atomic E-state index is 3.63. The Kier molecular flexibility index (Phi) is 7.81. The first kappa shape index (κ1) is 16.2. The van der Waals surface area contributed by atoms with E-state index in [9.17, 15) is 0 Å². The lowest BCUT2D eigenvalue weighted by Gasteiger charge is -2.22. The molecule has 0 radical (unpaired) electrons. The van der Waals surface area contributed by atoms with Crippen molar-refractivity contribution >= 4 is 0 Å². The molecule has 0 spiro atoms.